The SMILES string of the molecule is O=S(O)c1cccc(Nc2ncc3c(n2)-c2cc(-c4ccccc4)sc2CC3)c1. The van der Waals surface area contributed by atoms with Crippen LogP contribution >= 0.6 is 11.3 Å². The Morgan fingerprint density at radius 3 is 2.72 bits per heavy atom. The number of anilines is 2. The third kappa shape index (κ3) is 3.60. The molecule has 0 amide bonds. The Balaban J connectivity index is 1.50. The van der Waals surface area contributed by atoms with E-state index in [-0.39, 0.29) is 0 Å². The van der Waals surface area contributed by atoms with Crippen molar-refractivity contribution in [3.63, 3.8) is 0 Å². The van der Waals surface area contributed by atoms with Gasteiger partial charge in [-0.3, -0.25) is 0 Å². The predicted molar refractivity (Wildman–Crippen MR) is 117 cm³/mol. The van der Waals surface area contributed by atoms with Gasteiger partial charge in [0.2, 0.25) is 5.95 Å². The average Bonchev–Trinajstić information content (AvgIpc) is 3.19. The molecule has 1 aliphatic carbocycles. The minimum absolute atomic E-state index is 0.334. The van der Waals surface area contributed by atoms with Gasteiger partial charge in [-0.05, 0) is 48.2 Å². The van der Waals surface area contributed by atoms with Crippen LogP contribution in [-0.4, -0.2) is 18.7 Å². The highest BCUT2D eigenvalue weighted by atomic mass is 32.2. The van der Waals surface area contributed by atoms with Gasteiger partial charge in [-0.1, -0.05) is 36.4 Å². The molecular weight excluding hydrogens is 402 g/mol. The van der Waals surface area contributed by atoms with Crippen LogP contribution in [0.3, 0.4) is 0 Å². The number of nitrogens with zero attached hydrogens (tertiary/aromatic N) is 2. The number of aryl methyl sites for hydroxylation is 2. The maximum absolute atomic E-state index is 11.3. The largest absolute Gasteiger partial charge is 0.324 e. The third-order valence-corrected chi connectivity index (χ3v) is 6.80. The highest BCUT2D eigenvalue weighted by Gasteiger charge is 2.22. The van der Waals surface area contributed by atoms with Crippen molar-refractivity contribution in [1.82, 2.24) is 9.97 Å². The van der Waals surface area contributed by atoms with E-state index in [2.05, 4.69) is 40.6 Å². The molecule has 2 aromatic heterocycles. The number of nitrogens with one attached hydrogen (secondary N) is 1. The van der Waals surface area contributed by atoms with Gasteiger partial charge in [-0.25, -0.2) is 14.2 Å². The molecule has 4 aromatic rings. The second-order valence-corrected chi connectivity index (χ2v) is 8.89. The molecule has 29 heavy (non-hydrogen) atoms. The van der Waals surface area contributed by atoms with Crippen LogP contribution in [0.25, 0.3) is 21.7 Å². The van der Waals surface area contributed by atoms with E-state index < -0.39 is 11.1 Å². The Labute approximate surface area is 174 Å². The molecule has 0 aliphatic heterocycles. The lowest BCUT2D eigenvalue weighted by Crippen LogP contribution is -2.07. The van der Waals surface area contributed by atoms with Crippen LogP contribution < -0.4 is 5.32 Å². The predicted octanol–water partition coefficient (Wildman–Crippen LogP) is 5.29. The van der Waals surface area contributed by atoms with Crippen molar-refractivity contribution in [3.05, 3.63) is 77.3 Å². The maximum atomic E-state index is 11.3. The van der Waals surface area contributed by atoms with Crippen LogP contribution in [-0.2, 0) is 23.9 Å². The summed E-state index contributed by atoms with van der Waals surface area (Å²) in [4.78, 5) is 12.1. The van der Waals surface area contributed by atoms with Crippen LogP contribution in [0.1, 0.15) is 10.4 Å². The van der Waals surface area contributed by atoms with Gasteiger partial charge in [0.15, 0.2) is 11.1 Å². The smallest absolute Gasteiger partial charge is 0.227 e. The topological polar surface area (TPSA) is 75.1 Å². The monoisotopic (exact) mass is 419 g/mol. The normalized spacial score (nSPS) is 13.4. The summed E-state index contributed by atoms with van der Waals surface area (Å²) in [5.41, 5.74) is 5.17. The van der Waals surface area contributed by atoms with E-state index >= 15 is 0 Å². The standard InChI is InChI=1S/C22H17N3O2S2/c26-29(27)17-8-4-7-16(11-17)24-22-23-13-15-9-10-19-18(21(15)25-22)12-20(28-19)14-5-2-1-3-6-14/h1-8,11-13H,9-10H2,(H,26,27)(H,23,24,25). The number of aromatic nitrogens is 2. The molecular formula is C22H17N3O2S2. The van der Waals surface area contributed by atoms with Crippen LogP contribution in [0.2, 0.25) is 0 Å². The van der Waals surface area contributed by atoms with Crippen molar-refractivity contribution in [2.24, 2.45) is 0 Å². The highest BCUT2D eigenvalue weighted by Crippen LogP contribution is 2.41. The molecule has 0 spiro atoms. The Morgan fingerprint density at radius 2 is 1.90 bits per heavy atom. The number of hydrogen-bond donors (Lipinski definition) is 2. The molecule has 7 heteroatoms. The fourth-order valence-electron chi connectivity index (χ4n) is 3.50. The molecule has 1 aliphatic rings. The summed E-state index contributed by atoms with van der Waals surface area (Å²) in [5, 5.41) is 3.15. The third-order valence-electron chi connectivity index (χ3n) is 4.90. The van der Waals surface area contributed by atoms with Crippen molar-refractivity contribution in [1.29, 1.82) is 0 Å². The van der Waals surface area contributed by atoms with Gasteiger partial charge >= 0.3 is 0 Å². The molecule has 144 valence electrons. The van der Waals surface area contributed by atoms with E-state index in [1.807, 2.05) is 29.7 Å². The van der Waals surface area contributed by atoms with Gasteiger partial charge in [0.05, 0.1) is 10.6 Å². The first-order chi connectivity index (χ1) is 14.2. The average molecular weight is 420 g/mol. The molecule has 0 bridgehead atoms. The van der Waals surface area contributed by atoms with Crippen LogP contribution in [0.15, 0.2) is 71.8 Å². The first-order valence-corrected chi connectivity index (χ1v) is 11.1. The molecule has 2 heterocycles. The van der Waals surface area contributed by atoms with Crippen molar-refractivity contribution in [2.45, 2.75) is 17.7 Å². The van der Waals surface area contributed by atoms with Crippen molar-refractivity contribution < 1.29 is 8.76 Å². The summed E-state index contributed by atoms with van der Waals surface area (Å²) in [6.45, 7) is 0. The van der Waals surface area contributed by atoms with Crippen molar-refractivity contribution in [3.8, 4) is 21.7 Å². The second kappa shape index (κ2) is 7.51. The first kappa shape index (κ1) is 18.2. The van der Waals surface area contributed by atoms with Gasteiger partial charge in [0.25, 0.3) is 0 Å². The molecule has 0 fully saturated rings. The molecule has 2 aromatic carbocycles. The molecule has 1 atom stereocenters. The lowest BCUT2D eigenvalue weighted by atomic mass is 9.96. The Bertz CT molecular complexity index is 1220. The van der Waals surface area contributed by atoms with Crippen LogP contribution in [0, 0.1) is 0 Å². The van der Waals surface area contributed by atoms with E-state index in [0.29, 0.717) is 16.5 Å². The van der Waals surface area contributed by atoms with Crippen LogP contribution in [0.4, 0.5) is 11.6 Å². The van der Waals surface area contributed by atoms with E-state index in [1.165, 1.54) is 20.9 Å². The minimum atomic E-state index is -2.02. The Morgan fingerprint density at radius 1 is 1.03 bits per heavy atom. The van der Waals surface area contributed by atoms with Gasteiger partial charge < -0.3 is 9.87 Å². The summed E-state index contributed by atoms with van der Waals surface area (Å²) >= 11 is -0.199. The number of hydrogen-bond acceptors (Lipinski definition) is 5. The quantitative estimate of drug-likeness (QED) is 0.439. The second-order valence-electron chi connectivity index (χ2n) is 6.78. The van der Waals surface area contributed by atoms with E-state index in [9.17, 15) is 8.76 Å². The molecule has 5 nitrogen and oxygen atoms in total. The van der Waals surface area contributed by atoms with E-state index in [4.69, 9.17) is 4.98 Å². The minimum Gasteiger partial charge on any atom is -0.324 e. The zero-order chi connectivity index (χ0) is 19.8. The molecule has 5 rings (SSSR count). The number of benzene rings is 2. The van der Waals surface area contributed by atoms with E-state index in [0.717, 1.165) is 24.1 Å². The molecule has 0 radical (unpaired) electrons. The fourth-order valence-corrected chi connectivity index (χ4v) is 5.09. The zero-order valence-electron chi connectivity index (χ0n) is 15.3. The van der Waals surface area contributed by atoms with Gasteiger partial charge in [0.1, 0.15) is 0 Å². The molecule has 0 saturated carbocycles. The Hall–Kier alpha value is -2.87. The fraction of sp³-hybridized carbons (Fsp3) is 0.0909. The summed E-state index contributed by atoms with van der Waals surface area (Å²) in [7, 11) is 0. The van der Waals surface area contributed by atoms with Crippen molar-refractivity contribution in [2.75, 3.05) is 5.32 Å². The van der Waals surface area contributed by atoms with Gasteiger partial charge in [0, 0.05) is 27.2 Å². The maximum Gasteiger partial charge on any atom is 0.227 e. The van der Waals surface area contributed by atoms with Gasteiger partial charge in [-0.15, -0.1) is 11.3 Å². The van der Waals surface area contributed by atoms with E-state index in [1.54, 1.807) is 18.2 Å². The summed E-state index contributed by atoms with van der Waals surface area (Å²) in [5.74, 6) is 0.477. The van der Waals surface area contributed by atoms with Crippen LogP contribution in [0.5, 0.6) is 0 Å². The van der Waals surface area contributed by atoms with Gasteiger partial charge in [-0.2, -0.15) is 0 Å². The summed E-state index contributed by atoms with van der Waals surface area (Å²) < 4.78 is 20.6. The first-order valence-electron chi connectivity index (χ1n) is 9.20. The number of thiophene rings is 1. The highest BCUT2D eigenvalue weighted by molar-refractivity contribution is 7.79. The number of fused-ring (bicyclic) bond motifs is 3. The number of rotatable bonds is 4. The molecule has 1 unspecified atom stereocenters. The summed E-state index contributed by atoms with van der Waals surface area (Å²) in [6.07, 6.45) is 3.80. The summed E-state index contributed by atoms with van der Waals surface area (Å²) in [6, 6.07) is 19.4. The Kier molecular flexibility index (Phi) is 4.71. The molecule has 2 N–H and O–H groups in total. The lowest BCUT2D eigenvalue weighted by Gasteiger charge is -2.16. The van der Waals surface area contributed by atoms with Crippen molar-refractivity contribution >= 4 is 34.1 Å². The molecule has 0 saturated heterocycles. The lowest BCUT2D eigenvalue weighted by molar-refractivity contribution is 0.564. The zero-order valence-corrected chi connectivity index (χ0v) is 17.0.